The van der Waals surface area contributed by atoms with E-state index in [1.807, 2.05) is 23.1 Å². The third-order valence-electron chi connectivity index (χ3n) is 9.71. The van der Waals surface area contributed by atoms with Crippen molar-refractivity contribution < 1.29 is 4.79 Å². The fraction of sp³-hybridized carbons (Fsp3) is 0.700. The number of benzene rings is 1. The molecule has 1 aliphatic heterocycles. The average Bonchev–Trinajstić information content (AvgIpc) is 3.47. The molecule has 2 aromatic rings. The highest BCUT2D eigenvalue weighted by Crippen LogP contribution is 2.47. The lowest BCUT2D eigenvalue weighted by molar-refractivity contribution is -0.137. The normalized spacial score (nSPS) is 25.3. The summed E-state index contributed by atoms with van der Waals surface area (Å²) in [6.45, 7) is 2.57. The molecule has 1 amide bonds. The molecule has 5 rings (SSSR count). The minimum absolute atomic E-state index is 0.204. The Morgan fingerprint density at radius 3 is 2.34 bits per heavy atom. The summed E-state index contributed by atoms with van der Waals surface area (Å²) in [6, 6.07) is 8.76. The Labute approximate surface area is 233 Å². The van der Waals surface area contributed by atoms with Crippen molar-refractivity contribution in [3.63, 3.8) is 0 Å². The van der Waals surface area contributed by atoms with Gasteiger partial charge in [-0.3, -0.25) is 9.48 Å². The average molecular weight is 541 g/mol. The van der Waals surface area contributed by atoms with Gasteiger partial charge in [0.15, 0.2) is 0 Å². The van der Waals surface area contributed by atoms with E-state index in [1.54, 1.807) is 6.33 Å². The smallest absolute Gasteiger partial charge is 0.240 e. The summed E-state index contributed by atoms with van der Waals surface area (Å²) in [5.41, 5.74) is 1.36. The zero-order chi connectivity index (χ0) is 26.4. The van der Waals surface area contributed by atoms with E-state index in [0.717, 1.165) is 68.7 Å². The number of piperidine rings is 1. The summed E-state index contributed by atoms with van der Waals surface area (Å²) < 4.78 is 2.03. The van der Waals surface area contributed by atoms with Crippen molar-refractivity contribution in [2.45, 2.75) is 102 Å². The van der Waals surface area contributed by atoms with Crippen LogP contribution in [0, 0.1) is 11.3 Å². The molecular weight excluding hydrogens is 496 g/mol. The van der Waals surface area contributed by atoms with Crippen LogP contribution in [-0.4, -0.2) is 63.8 Å². The molecule has 0 unspecified atom stereocenters. The zero-order valence-electron chi connectivity index (χ0n) is 23.0. The molecule has 3 aliphatic rings. The van der Waals surface area contributed by atoms with E-state index in [-0.39, 0.29) is 17.4 Å². The molecule has 1 aromatic heterocycles. The minimum Gasteiger partial charge on any atom is -0.341 e. The molecule has 2 saturated carbocycles. The van der Waals surface area contributed by atoms with E-state index < -0.39 is 0 Å². The number of carbonyl (C=O) groups is 1. The van der Waals surface area contributed by atoms with Gasteiger partial charge in [0.2, 0.25) is 5.91 Å². The Hall–Kier alpha value is -1.96. The molecule has 0 bridgehead atoms. The number of hydrogen-bond acceptors (Lipinski definition) is 5. The van der Waals surface area contributed by atoms with Crippen molar-refractivity contribution in [3.05, 3.63) is 47.5 Å². The molecule has 8 heteroatoms. The third-order valence-corrected chi connectivity index (χ3v) is 9.96. The van der Waals surface area contributed by atoms with Crippen LogP contribution < -0.4 is 10.6 Å². The van der Waals surface area contributed by atoms with Crippen LogP contribution in [0.15, 0.2) is 36.9 Å². The lowest BCUT2D eigenvalue weighted by atomic mass is 9.63. The fourth-order valence-corrected chi connectivity index (χ4v) is 7.47. The van der Waals surface area contributed by atoms with Gasteiger partial charge in [0.1, 0.15) is 12.7 Å². The second kappa shape index (κ2) is 12.9. The van der Waals surface area contributed by atoms with Gasteiger partial charge in [-0.15, -0.1) is 0 Å². The topological polar surface area (TPSA) is 75.1 Å². The van der Waals surface area contributed by atoms with E-state index >= 15 is 0 Å². The van der Waals surface area contributed by atoms with Crippen molar-refractivity contribution >= 4 is 17.5 Å². The molecule has 0 spiro atoms. The second-order valence-corrected chi connectivity index (χ2v) is 12.4. The van der Waals surface area contributed by atoms with Crippen LogP contribution in [-0.2, 0) is 17.8 Å². The molecule has 0 radical (unpaired) electrons. The summed E-state index contributed by atoms with van der Waals surface area (Å²) in [5, 5.41) is 12.4. The molecule has 1 aromatic carbocycles. The standard InChI is InChI=1S/C30H45ClN6O/c1-32-26-11-13-27(14-12-26)35-28(19-23-7-9-25(31)10-8-23)29(38)36-17-15-30(16-18-36,20-37-22-33-21-34-37)24-5-3-2-4-6-24/h7-10,21-22,24,26-28,32,35H,2-6,11-20H2,1H3/t26?,27?,28-/m1/s1. The first kappa shape index (κ1) is 27.6. The Kier molecular flexibility index (Phi) is 9.39. The maximum absolute atomic E-state index is 14.1. The molecule has 7 nitrogen and oxygen atoms in total. The van der Waals surface area contributed by atoms with Crippen LogP contribution in [0.2, 0.25) is 5.02 Å². The van der Waals surface area contributed by atoms with Gasteiger partial charge in [0.25, 0.3) is 0 Å². The molecule has 38 heavy (non-hydrogen) atoms. The first-order chi connectivity index (χ1) is 18.5. The van der Waals surface area contributed by atoms with Crippen molar-refractivity contribution in [3.8, 4) is 0 Å². The molecule has 2 heterocycles. The van der Waals surface area contributed by atoms with Crippen LogP contribution in [0.25, 0.3) is 0 Å². The maximum Gasteiger partial charge on any atom is 0.240 e. The van der Waals surface area contributed by atoms with Gasteiger partial charge in [-0.25, -0.2) is 4.98 Å². The lowest BCUT2D eigenvalue weighted by Gasteiger charge is -2.48. The van der Waals surface area contributed by atoms with E-state index in [0.29, 0.717) is 24.4 Å². The number of likely N-dealkylation sites (tertiary alicyclic amines) is 1. The summed E-state index contributed by atoms with van der Waals surface area (Å²) in [4.78, 5) is 20.4. The number of carbonyl (C=O) groups excluding carboxylic acids is 1. The first-order valence-electron chi connectivity index (χ1n) is 14.8. The monoisotopic (exact) mass is 540 g/mol. The number of rotatable bonds is 9. The first-order valence-corrected chi connectivity index (χ1v) is 15.2. The Morgan fingerprint density at radius 2 is 1.71 bits per heavy atom. The van der Waals surface area contributed by atoms with Crippen molar-refractivity contribution in [2.24, 2.45) is 11.3 Å². The van der Waals surface area contributed by atoms with Gasteiger partial charge in [0, 0.05) is 36.7 Å². The highest BCUT2D eigenvalue weighted by molar-refractivity contribution is 6.30. The Bertz CT molecular complexity index is 990. The summed E-state index contributed by atoms with van der Waals surface area (Å²) in [6.07, 6.45) is 17.5. The van der Waals surface area contributed by atoms with Crippen LogP contribution in [0.3, 0.4) is 0 Å². The largest absolute Gasteiger partial charge is 0.341 e. The SMILES string of the molecule is CNC1CCC(N[C@H](Cc2ccc(Cl)cc2)C(=O)N2CCC(Cn3cncn3)(C3CCCCC3)CC2)CC1. The van der Waals surface area contributed by atoms with E-state index in [9.17, 15) is 4.79 Å². The van der Waals surface area contributed by atoms with Crippen molar-refractivity contribution in [1.82, 2.24) is 30.3 Å². The molecule has 208 valence electrons. The number of amides is 1. The second-order valence-electron chi connectivity index (χ2n) is 12.0. The van der Waals surface area contributed by atoms with E-state index in [1.165, 1.54) is 32.1 Å². The molecule has 2 N–H and O–H groups in total. The number of aromatic nitrogens is 3. The van der Waals surface area contributed by atoms with Crippen LogP contribution in [0.4, 0.5) is 0 Å². The zero-order valence-corrected chi connectivity index (χ0v) is 23.7. The fourth-order valence-electron chi connectivity index (χ4n) is 7.35. The number of hydrogen-bond donors (Lipinski definition) is 2. The van der Waals surface area contributed by atoms with Gasteiger partial charge < -0.3 is 15.5 Å². The van der Waals surface area contributed by atoms with E-state index in [2.05, 4.69) is 44.8 Å². The molecule has 1 atom stereocenters. The number of nitrogens with one attached hydrogen (secondary N) is 2. The minimum atomic E-state index is -0.204. The summed E-state index contributed by atoms with van der Waals surface area (Å²) >= 11 is 6.15. The van der Waals surface area contributed by atoms with Gasteiger partial charge in [-0.05, 0) is 93.9 Å². The maximum atomic E-state index is 14.1. The van der Waals surface area contributed by atoms with Gasteiger partial charge >= 0.3 is 0 Å². The quantitative estimate of drug-likeness (QED) is 0.475. The Morgan fingerprint density at radius 1 is 1.03 bits per heavy atom. The molecular formula is C30H45ClN6O. The van der Waals surface area contributed by atoms with Crippen molar-refractivity contribution in [2.75, 3.05) is 20.1 Å². The van der Waals surface area contributed by atoms with Crippen molar-refractivity contribution in [1.29, 1.82) is 0 Å². The predicted octanol–water partition coefficient (Wildman–Crippen LogP) is 4.85. The highest BCUT2D eigenvalue weighted by Gasteiger charge is 2.43. The number of halogens is 1. The van der Waals surface area contributed by atoms with Gasteiger partial charge in [0.05, 0.1) is 6.04 Å². The molecule has 1 saturated heterocycles. The van der Waals surface area contributed by atoms with Gasteiger partial charge in [-0.2, -0.15) is 5.10 Å². The lowest BCUT2D eigenvalue weighted by Crippen LogP contribution is -2.55. The highest BCUT2D eigenvalue weighted by atomic mass is 35.5. The van der Waals surface area contributed by atoms with Gasteiger partial charge in [-0.1, -0.05) is 43.0 Å². The van der Waals surface area contributed by atoms with Crippen LogP contribution in [0.1, 0.15) is 76.2 Å². The van der Waals surface area contributed by atoms with Crippen LogP contribution in [0.5, 0.6) is 0 Å². The summed E-state index contributed by atoms with van der Waals surface area (Å²) in [7, 11) is 2.05. The molecule has 3 fully saturated rings. The number of nitrogens with zero attached hydrogens (tertiary/aromatic N) is 4. The van der Waals surface area contributed by atoms with E-state index in [4.69, 9.17) is 11.6 Å². The van der Waals surface area contributed by atoms with Crippen LogP contribution >= 0.6 is 11.6 Å². The third kappa shape index (κ3) is 6.78. The predicted molar refractivity (Wildman–Crippen MR) is 152 cm³/mol. The summed E-state index contributed by atoms with van der Waals surface area (Å²) in [5.74, 6) is 0.969. The Balaban J connectivity index is 1.28. The molecule has 2 aliphatic carbocycles.